The van der Waals surface area contributed by atoms with E-state index >= 15 is 0 Å². The van der Waals surface area contributed by atoms with Gasteiger partial charge in [-0.1, -0.05) is 0 Å². The molecule has 0 aromatic carbocycles. The van der Waals surface area contributed by atoms with E-state index in [0.29, 0.717) is 6.42 Å². The van der Waals surface area contributed by atoms with E-state index in [1.165, 1.54) is 12.2 Å². The van der Waals surface area contributed by atoms with Crippen molar-refractivity contribution in [1.29, 1.82) is 0 Å². The summed E-state index contributed by atoms with van der Waals surface area (Å²) in [5.74, 6) is -1.69. The van der Waals surface area contributed by atoms with Crippen molar-refractivity contribution in [2.45, 2.75) is 12.8 Å². The van der Waals surface area contributed by atoms with Crippen molar-refractivity contribution in [3.05, 3.63) is 12.2 Å². The Morgan fingerprint density at radius 3 is 2.35 bits per heavy atom. The summed E-state index contributed by atoms with van der Waals surface area (Å²) in [5.41, 5.74) is 4.85. The summed E-state index contributed by atoms with van der Waals surface area (Å²) in [6.07, 6.45) is 2.86. The van der Waals surface area contributed by atoms with Crippen LogP contribution in [0.1, 0.15) is 12.8 Å². The van der Waals surface area contributed by atoms with E-state index in [1.807, 2.05) is 0 Å². The fraction of sp³-hybridized carbons (Fsp3) is 0.400. The van der Waals surface area contributed by atoms with Gasteiger partial charge >= 0.3 is 0 Å². The van der Waals surface area contributed by atoms with Crippen LogP contribution in [0, 0.1) is 0 Å². The molecule has 0 bridgehead atoms. The van der Waals surface area contributed by atoms with Crippen LogP contribution >= 0.6 is 0 Å². The minimum Gasteiger partial charge on any atom is -0.368 e. The Hall–Kier alpha value is -2.18. The summed E-state index contributed by atoms with van der Waals surface area (Å²) in [5, 5.41) is 2.31. The van der Waals surface area contributed by atoms with Crippen LogP contribution in [0.25, 0.3) is 0 Å². The number of imide groups is 1. The molecule has 0 aromatic heterocycles. The molecule has 17 heavy (non-hydrogen) atoms. The van der Waals surface area contributed by atoms with E-state index in [9.17, 15) is 19.2 Å². The van der Waals surface area contributed by atoms with Crippen molar-refractivity contribution in [3.63, 3.8) is 0 Å². The summed E-state index contributed by atoms with van der Waals surface area (Å²) in [6.45, 7) is -0.0172. The van der Waals surface area contributed by atoms with Crippen LogP contribution in [0.5, 0.6) is 0 Å². The molecule has 7 nitrogen and oxygen atoms in total. The van der Waals surface area contributed by atoms with E-state index in [-0.39, 0.29) is 37.2 Å². The zero-order valence-electron chi connectivity index (χ0n) is 9.14. The van der Waals surface area contributed by atoms with Gasteiger partial charge in [-0.2, -0.15) is 0 Å². The lowest BCUT2D eigenvalue weighted by Gasteiger charge is -2.12. The van der Waals surface area contributed by atoms with E-state index in [0.717, 1.165) is 4.90 Å². The number of nitrogens with two attached hydrogens (primary N) is 1. The number of carbonyl (C=O) groups excluding carboxylic acids is 4. The lowest BCUT2D eigenvalue weighted by Crippen LogP contribution is -2.34. The first-order valence-electron chi connectivity index (χ1n) is 5.09. The van der Waals surface area contributed by atoms with Crippen molar-refractivity contribution in [3.8, 4) is 0 Å². The first kappa shape index (κ1) is 12.9. The normalized spacial score (nSPS) is 14.2. The molecule has 1 rings (SSSR count). The molecule has 1 aliphatic heterocycles. The van der Waals surface area contributed by atoms with Gasteiger partial charge in [-0.15, -0.1) is 0 Å². The van der Waals surface area contributed by atoms with Crippen LogP contribution in [0.2, 0.25) is 0 Å². The highest BCUT2D eigenvalue weighted by molar-refractivity contribution is 6.12. The monoisotopic (exact) mass is 242 g/mol. The van der Waals surface area contributed by atoms with Gasteiger partial charge in [0.05, 0.1) is 6.54 Å². The Labute approximate surface area is 97.6 Å². The van der Waals surface area contributed by atoms with Gasteiger partial charge in [0.25, 0.3) is 11.8 Å². The number of hydrogen-bond donors (Lipinski definition) is 2. The highest BCUT2D eigenvalue weighted by Crippen LogP contribution is 2.05. The van der Waals surface area contributed by atoms with Crippen molar-refractivity contribution < 1.29 is 19.2 Å². The van der Waals surface area contributed by atoms with E-state index in [4.69, 9.17) is 5.73 Å². The minimum atomic E-state index is -0.618. The maximum absolute atomic E-state index is 11.2. The van der Waals surface area contributed by atoms with Crippen LogP contribution < -0.4 is 11.1 Å². The van der Waals surface area contributed by atoms with Gasteiger partial charge in [0.15, 0.2) is 0 Å². The summed E-state index contributed by atoms with van der Waals surface area (Å²) >= 11 is 0. The highest BCUT2D eigenvalue weighted by Gasteiger charge is 2.22. The number of hydrogen-bond acceptors (Lipinski definition) is 4. The number of carbonyl (C=O) groups is 4. The molecular formula is C10H13N3O4. The average Bonchev–Trinajstić information content (AvgIpc) is 2.57. The smallest absolute Gasteiger partial charge is 0.253 e. The Balaban J connectivity index is 2.20. The van der Waals surface area contributed by atoms with Gasteiger partial charge in [-0.3, -0.25) is 24.1 Å². The number of nitrogens with zero attached hydrogens (tertiary/aromatic N) is 1. The van der Waals surface area contributed by atoms with Gasteiger partial charge in [-0.05, 0) is 6.42 Å². The molecule has 0 saturated carbocycles. The molecule has 0 aromatic rings. The Bertz CT molecular complexity index is 371. The largest absolute Gasteiger partial charge is 0.368 e. The van der Waals surface area contributed by atoms with Crippen molar-refractivity contribution in [2.75, 3.05) is 13.1 Å². The lowest BCUT2D eigenvalue weighted by molar-refractivity contribution is -0.137. The fourth-order valence-corrected chi connectivity index (χ4v) is 1.32. The SMILES string of the molecule is N[13C](=O)[13CH2][15NH]C(=O)CCCN1C(=O)C=CC1=O. The maximum atomic E-state index is 11.2. The van der Waals surface area contributed by atoms with Crippen molar-refractivity contribution in [2.24, 2.45) is 5.73 Å². The second kappa shape index (κ2) is 5.78. The predicted octanol–water partition coefficient (Wildman–Crippen LogP) is -1.71. The van der Waals surface area contributed by atoms with E-state index in [1.54, 1.807) is 0 Å². The Kier molecular flexibility index (Phi) is 4.38. The van der Waals surface area contributed by atoms with Gasteiger partial charge < -0.3 is 11.1 Å². The number of amides is 4. The average molecular weight is 242 g/mol. The zero-order chi connectivity index (χ0) is 12.8. The number of nitrogens with one attached hydrogen (secondary N) is 1. The van der Waals surface area contributed by atoms with Crippen molar-refractivity contribution in [1.82, 2.24) is 10.2 Å². The fourth-order valence-electron chi connectivity index (χ4n) is 1.32. The topological polar surface area (TPSA) is 110 Å². The first-order chi connectivity index (χ1) is 8.00. The number of rotatable bonds is 6. The van der Waals surface area contributed by atoms with E-state index < -0.39 is 5.91 Å². The standard InChI is InChI=1S/C10H13N3O4/c11-7(14)6-12-8(15)2-1-5-13-9(16)3-4-10(13)17/h3-4H,1-2,5-6H2,(H2,11,14)(H,12,15)/i6+1,7+1,12+1. The molecule has 3 N–H and O–H groups in total. The van der Waals surface area contributed by atoms with Gasteiger partial charge in [0.2, 0.25) is 11.8 Å². The zero-order valence-corrected chi connectivity index (χ0v) is 9.14. The maximum Gasteiger partial charge on any atom is 0.253 e. The minimum absolute atomic E-state index is 0.129. The quantitative estimate of drug-likeness (QED) is 0.328. The molecule has 1 aliphatic rings. The lowest BCUT2D eigenvalue weighted by atomic mass is 10.3. The molecule has 0 radical (unpaired) electrons. The molecule has 0 spiro atoms. The third-order valence-corrected chi connectivity index (χ3v) is 2.15. The molecule has 0 atom stereocenters. The van der Waals surface area contributed by atoms with Gasteiger partial charge in [0, 0.05) is 25.1 Å². The third kappa shape index (κ3) is 4.06. The predicted molar refractivity (Wildman–Crippen MR) is 57.3 cm³/mol. The number of primary amides is 1. The molecule has 0 saturated heterocycles. The van der Waals surface area contributed by atoms with Crippen LogP contribution in [0.15, 0.2) is 12.2 Å². The van der Waals surface area contributed by atoms with Crippen LogP contribution in [0.3, 0.4) is 0 Å². The van der Waals surface area contributed by atoms with Crippen molar-refractivity contribution >= 4 is 23.6 Å². The summed E-state index contributed by atoms with van der Waals surface area (Å²) < 4.78 is 0. The molecule has 92 valence electrons. The van der Waals surface area contributed by atoms with Crippen LogP contribution in [0.4, 0.5) is 0 Å². The molecule has 0 aliphatic carbocycles. The molecule has 0 fully saturated rings. The molecule has 4 amide bonds. The van der Waals surface area contributed by atoms with Crippen LogP contribution in [-0.2, 0) is 19.2 Å². The van der Waals surface area contributed by atoms with Crippen LogP contribution in [-0.4, -0.2) is 41.6 Å². The van der Waals surface area contributed by atoms with Gasteiger partial charge in [-0.25, -0.2) is 0 Å². The Morgan fingerprint density at radius 1 is 1.24 bits per heavy atom. The molecular weight excluding hydrogens is 229 g/mol. The Morgan fingerprint density at radius 2 is 1.82 bits per heavy atom. The second-order valence-corrected chi connectivity index (χ2v) is 3.51. The summed E-state index contributed by atoms with van der Waals surface area (Å²) in [6, 6.07) is 0. The summed E-state index contributed by atoms with van der Waals surface area (Å²) in [7, 11) is 0. The molecule has 1 heterocycles. The second-order valence-electron chi connectivity index (χ2n) is 3.51. The third-order valence-electron chi connectivity index (χ3n) is 2.15. The summed E-state index contributed by atoms with van der Waals surface area (Å²) in [4.78, 5) is 44.9. The first-order valence-corrected chi connectivity index (χ1v) is 5.09. The van der Waals surface area contributed by atoms with E-state index in [2.05, 4.69) is 5.32 Å². The molecule has 0 unspecified atom stereocenters. The van der Waals surface area contributed by atoms with Gasteiger partial charge in [0.1, 0.15) is 0 Å². The highest BCUT2D eigenvalue weighted by atomic mass is 16.2. The molecule has 7 heteroatoms.